The van der Waals surface area contributed by atoms with E-state index in [1.54, 1.807) is 0 Å². The van der Waals surface area contributed by atoms with Gasteiger partial charge in [0.1, 0.15) is 0 Å². The molecule has 5 heteroatoms. The monoisotopic (exact) mass is 314 g/mol. The molecule has 0 amide bonds. The molecule has 0 saturated carbocycles. The first-order chi connectivity index (χ1) is 4.00. The highest BCUT2D eigenvalue weighted by molar-refractivity contribution is 14.1. The van der Waals surface area contributed by atoms with Crippen LogP contribution in [0.2, 0.25) is 0 Å². The SMILES string of the molecule is FC(F)C(F)(I)/C=C/Br. The van der Waals surface area contributed by atoms with Crippen LogP contribution in [0, 0.1) is 0 Å². The molecule has 0 radical (unpaired) electrons. The van der Waals surface area contributed by atoms with Gasteiger partial charge in [0, 0.05) is 0 Å². The van der Waals surface area contributed by atoms with E-state index in [9.17, 15) is 13.2 Å². The van der Waals surface area contributed by atoms with Crippen molar-refractivity contribution < 1.29 is 13.2 Å². The maximum atomic E-state index is 12.3. The summed E-state index contributed by atoms with van der Waals surface area (Å²) in [6.07, 6.45) is -2.23. The molecule has 0 aliphatic carbocycles. The number of alkyl halides is 4. The first kappa shape index (κ1) is 9.74. The molecule has 0 aliphatic heterocycles. The smallest absolute Gasteiger partial charge is 0.221 e. The van der Waals surface area contributed by atoms with E-state index in [1.807, 2.05) is 0 Å². The Kier molecular flexibility index (Phi) is 4.11. The van der Waals surface area contributed by atoms with Crippen molar-refractivity contribution in [3.8, 4) is 0 Å². The van der Waals surface area contributed by atoms with Gasteiger partial charge in [-0.25, -0.2) is 13.2 Å². The van der Waals surface area contributed by atoms with Crippen molar-refractivity contribution in [1.82, 2.24) is 0 Å². The van der Waals surface area contributed by atoms with Crippen LogP contribution in [0.15, 0.2) is 11.1 Å². The fourth-order valence-corrected chi connectivity index (χ4v) is 1.22. The Morgan fingerprint density at radius 1 is 1.56 bits per heavy atom. The minimum atomic E-state index is -2.98. The molecular formula is C4H3BrF3I. The minimum Gasteiger partial charge on any atom is -0.221 e. The van der Waals surface area contributed by atoms with Gasteiger partial charge in [-0.15, -0.1) is 0 Å². The molecule has 0 aromatic rings. The Labute approximate surface area is 72.8 Å². The third-order valence-corrected chi connectivity index (χ3v) is 1.67. The summed E-state index contributed by atoms with van der Waals surface area (Å²) in [7, 11) is 0. The zero-order valence-corrected chi connectivity index (χ0v) is 7.87. The minimum absolute atomic E-state index is 0.748. The molecule has 0 N–H and O–H groups in total. The molecule has 0 nitrogen and oxygen atoms in total. The standard InChI is InChI=1S/C4H3BrF3I/c5-2-1-4(8,9)3(6)7/h1-3H/b2-1+. The van der Waals surface area contributed by atoms with Crippen molar-refractivity contribution in [3.05, 3.63) is 11.1 Å². The van der Waals surface area contributed by atoms with Crippen LogP contribution >= 0.6 is 38.5 Å². The largest absolute Gasteiger partial charge is 0.284 e. The van der Waals surface area contributed by atoms with Crippen molar-refractivity contribution in [1.29, 1.82) is 0 Å². The third-order valence-electron chi connectivity index (χ3n) is 0.576. The van der Waals surface area contributed by atoms with Gasteiger partial charge in [0.25, 0.3) is 6.43 Å². The average molecular weight is 315 g/mol. The molecule has 1 atom stereocenters. The van der Waals surface area contributed by atoms with Crippen LogP contribution in [0.25, 0.3) is 0 Å². The normalized spacial score (nSPS) is 18.9. The quantitative estimate of drug-likeness (QED) is 0.542. The highest BCUT2D eigenvalue weighted by atomic mass is 127. The molecule has 0 aromatic carbocycles. The summed E-state index contributed by atoms with van der Waals surface area (Å²) in [5, 5.41) is 0. The van der Waals surface area contributed by atoms with Crippen LogP contribution in [-0.2, 0) is 0 Å². The molecule has 0 saturated heterocycles. The Bertz CT molecular complexity index is 112. The lowest BCUT2D eigenvalue weighted by molar-refractivity contribution is 0.0653. The lowest BCUT2D eigenvalue weighted by atomic mass is 10.4. The number of halogens is 5. The van der Waals surface area contributed by atoms with Crippen molar-refractivity contribution >= 4 is 38.5 Å². The fourth-order valence-electron chi connectivity index (χ4n) is 0.157. The fraction of sp³-hybridized carbons (Fsp3) is 0.500. The molecule has 1 unspecified atom stereocenters. The van der Waals surface area contributed by atoms with Crippen LogP contribution < -0.4 is 0 Å². The van der Waals surface area contributed by atoms with Crippen LogP contribution in [0.4, 0.5) is 13.2 Å². The number of hydrogen-bond acceptors (Lipinski definition) is 0. The summed E-state index contributed by atoms with van der Waals surface area (Å²) in [5.74, 6) is 0. The molecule has 0 heterocycles. The molecular weight excluding hydrogens is 312 g/mol. The molecule has 0 aliphatic rings. The van der Waals surface area contributed by atoms with Gasteiger partial charge in [-0.1, -0.05) is 15.9 Å². The van der Waals surface area contributed by atoms with E-state index in [0.717, 1.165) is 33.7 Å². The van der Waals surface area contributed by atoms with Crippen molar-refractivity contribution in [2.75, 3.05) is 0 Å². The predicted octanol–water partition coefficient (Wildman–Crippen LogP) is 3.26. The Hall–Kier alpha value is 0.740. The summed E-state index contributed by atoms with van der Waals surface area (Å²) in [6.45, 7) is 0. The van der Waals surface area contributed by atoms with Crippen LogP contribution in [0.3, 0.4) is 0 Å². The van der Waals surface area contributed by atoms with E-state index in [0.29, 0.717) is 0 Å². The number of hydrogen-bond donors (Lipinski definition) is 0. The Morgan fingerprint density at radius 3 is 2.11 bits per heavy atom. The van der Waals surface area contributed by atoms with Crippen LogP contribution in [0.1, 0.15) is 0 Å². The van der Waals surface area contributed by atoms with E-state index >= 15 is 0 Å². The van der Waals surface area contributed by atoms with E-state index in [2.05, 4.69) is 15.9 Å². The maximum absolute atomic E-state index is 12.3. The van der Waals surface area contributed by atoms with Gasteiger partial charge in [0.05, 0.1) is 0 Å². The maximum Gasteiger partial charge on any atom is 0.284 e. The second kappa shape index (κ2) is 3.80. The van der Waals surface area contributed by atoms with Gasteiger partial charge in [0.2, 0.25) is 3.68 Å². The van der Waals surface area contributed by atoms with Crippen molar-refractivity contribution in [2.45, 2.75) is 10.1 Å². The molecule has 0 bridgehead atoms. The van der Waals surface area contributed by atoms with Crippen molar-refractivity contribution in [2.24, 2.45) is 0 Å². The Balaban J connectivity index is 4.01. The van der Waals surface area contributed by atoms with E-state index in [-0.39, 0.29) is 0 Å². The van der Waals surface area contributed by atoms with Gasteiger partial charge in [-0.05, 0) is 33.7 Å². The number of allylic oxidation sites excluding steroid dienone is 1. The topological polar surface area (TPSA) is 0 Å². The number of rotatable bonds is 2. The zero-order chi connectivity index (χ0) is 7.49. The molecule has 0 aromatic heterocycles. The molecule has 0 fully saturated rings. The lowest BCUT2D eigenvalue weighted by Gasteiger charge is -2.10. The highest BCUT2D eigenvalue weighted by Crippen LogP contribution is 2.30. The first-order valence-corrected chi connectivity index (χ1v) is 3.94. The van der Waals surface area contributed by atoms with E-state index < -0.39 is 10.1 Å². The summed E-state index contributed by atoms with van der Waals surface area (Å²) < 4.78 is 32.9. The lowest BCUT2D eigenvalue weighted by Crippen LogP contribution is -2.20. The van der Waals surface area contributed by atoms with Gasteiger partial charge >= 0.3 is 0 Å². The predicted molar refractivity (Wildman–Crippen MR) is 41.9 cm³/mol. The first-order valence-electron chi connectivity index (χ1n) is 1.94. The summed E-state index contributed by atoms with van der Waals surface area (Å²) in [4.78, 5) is 1.08. The average Bonchev–Trinajstić information content (AvgIpc) is 1.65. The van der Waals surface area contributed by atoms with Gasteiger partial charge in [-0.2, -0.15) is 0 Å². The van der Waals surface area contributed by atoms with Gasteiger partial charge in [-0.3, -0.25) is 0 Å². The Morgan fingerprint density at radius 2 is 2.00 bits per heavy atom. The van der Waals surface area contributed by atoms with Crippen molar-refractivity contribution in [3.63, 3.8) is 0 Å². The van der Waals surface area contributed by atoms with Gasteiger partial charge in [0.15, 0.2) is 0 Å². The molecule has 0 rings (SSSR count). The highest BCUT2D eigenvalue weighted by Gasteiger charge is 2.33. The van der Waals surface area contributed by atoms with Gasteiger partial charge < -0.3 is 0 Å². The van der Waals surface area contributed by atoms with E-state index in [1.165, 1.54) is 0 Å². The molecule has 54 valence electrons. The zero-order valence-electron chi connectivity index (χ0n) is 4.12. The summed E-state index contributed by atoms with van der Waals surface area (Å²) >= 11 is 3.73. The second-order valence-electron chi connectivity index (χ2n) is 1.27. The summed E-state index contributed by atoms with van der Waals surface area (Å²) in [6, 6.07) is 0. The van der Waals surface area contributed by atoms with Crippen LogP contribution in [0.5, 0.6) is 0 Å². The molecule has 9 heavy (non-hydrogen) atoms. The third kappa shape index (κ3) is 3.44. The van der Waals surface area contributed by atoms with Crippen LogP contribution in [-0.4, -0.2) is 10.1 Å². The second-order valence-corrected chi connectivity index (χ2v) is 3.45. The summed E-state index contributed by atoms with van der Waals surface area (Å²) in [5.41, 5.74) is 0. The molecule has 0 spiro atoms. The van der Waals surface area contributed by atoms with E-state index in [4.69, 9.17) is 0 Å².